The van der Waals surface area contributed by atoms with Gasteiger partial charge in [0.1, 0.15) is 0 Å². The van der Waals surface area contributed by atoms with Gasteiger partial charge in [-0.2, -0.15) is 0 Å². The SMILES string of the molecule is COc1ccc(-c2cnc3ccc(=O)[nH]c3c2)cc1OC. The topological polar surface area (TPSA) is 64.2 Å². The van der Waals surface area contributed by atoms with Crippen LogP contribution in [0.1, 0.15) is 0 Å². The van der Waals surface area contributed by atoms with E-state index in [4.69, 9.17) is 9.47 Å². The summed E-state index contributed by atoms with van der Waals surface area (Å²) in [5.41, 5.74) is 3.14. The molecule has 0 amide bonds. The van der Waals surface area contributed by atoms with E-state index < -0.39 is 0 Å². The van der Waals surface area contributed by atoms with Crippen LogP contribution in [0.3, 0.4) is 0 Å². The van der Waals surface area contributed by atoms with Crippen molar-refractivity contribution in [3.05, 3.63) is 52.9 Å². The number of rotatable bonds is 3. The molecule has 0 spiro atoms. The van der Waals surface area contributed by atoms with Gasteiger partial charge < -0.3 is 14.5 Å². The molecule has 0 radical (unpaired) electrons. The number of nitrogens with zero attached hydrogens (tertiary/aromatic N) is 1. The molecular formula is C16H14N2O3. The van der Waals surface area contributed by atoms with Gasteiger partial charge in [0.2, 0.25) is 5.56 Å². The molecule has 1 aromatic carbocycles. The zero-order valence-corrected chi connectivity index (χ0v) is 11.7. The lowest BCUT2D eigenvalue weighted by atomic mass is 10.1. The Morgan fingerprint density at radius 2 is 1.76 bits per heavy atom. The normalized spacial score (nSPS) is 10.6. The van der Waals surface area contributed by atoms with Gasteiger partial charge in [-0.25, -0.2) is 0 Å². The maximum atomic E-state index is 11.4. The van der Waals surface area contributed by atoms with E-state index in [0.717, 1.165) is 16.6 Å². The van der Waals surface area contributed by atoms with Crippen molar-refractivity contribution in [2.45, 2.75) is 0 Å². The standard InChI is InChI=1S/C16H14N2O3/c1-20-14-5-3-10(8-15(14)21-2)11-7-13-12(17-9-11)4-6-16(19)18-13/h3-9H,1-2H3,(H,18,19). The van der Waals surface area contributed by atoms with Crippen LogP contribution in [0, 0.1) is 0 Å². The van der Waals surface area contributed by atoms with Crippen molar-refractivity contribution in [1.29, 1.82) is 0 Å². The van der Waals surface area contributed by atoms with Gasteiger partial charge in [-0.3, -0.25) is 9.78 Å². The van der Waals surface area contributed by atoms with Crippen molar-refractivity contribution < 1.29 is 9.47 Å². The number of ether oxygens (including phenoxy) is 2. The van der Waals surface area contributed by atoms with E-state index in [1.807, 2.05) is 24.3 Å². The minimum Gasteiger partial charge on any atom is -0.493 e. The number of H-pyrrole nitrogens is 1. The number of aromatic nitrogens is 2. The van der Waals surface area contributed by atoms with E-state index in [1.54, 1.807) is 26.5 Å². The second-order valence-corrected chi connectivity index (χ2v) is 4.55. The highest BCUT2D eigenvalue weighted by molar-refractivity contribution is 5.80. The molecule has 0 saturated carbocycles. The summed E-state index contributed by atoms with van der Waals surface area (Å²) in [7, 11) is 3.19. The molecule has 0 bridgehead atoms. The number of pyridine rings is 2. The van der Waals surface area contributed by atoms with E-state index in [2.05, 4.69) is 9.97 Å². The van der Waals surface area contributed by atoms with E-state index in [-0.39, 0.29) is 5.56 Å². The molecule has 0 aliphatic carbocycles. The maximum absolute atomic E-state index is 11.4. The third-order valence-corrected chi connectivity index (χ3v) is 3.29. The Balaban J connectivity index is 2.13. The van der Waals surface area contributed by atoms with Gasteiger partial charge in [0.05, 0.1) is 25.3 Å². The largest absolute Gasteiger partial charge is 0.493 e. The first kappa shape index (κ1) is 13.2. The number of hydrogen-bond donors (Lipinski definition) is 1. The van der Waals surface area contributed by atoms with Crippen molar-refractivity contribution in [3.8, 4) is 22.6 Å². The van der Waals surface area contributed by atoms with E-state index in [0.29, 0.717) is 17.0 Å². The fraction of sp³-hybridized carbons (Fsp3) is 0.125. The molecule has 21 heavy (non-hydrogen) atoms. The van der Waals surface area contributed by atoms with Crippen LogP contribution in [0.2, 0.25) is 0 Å². The molecule has 2 heterocycles. The van der Waals surface area contributed by atoms with Crippen LogP contribution >= 0.6 is 0 Å². The van der Waals surface area contributed by atoms with E-state index >= 15 is 0 Å². The summed E-state index contributed by atoms with van der Waals surface area (Å²) in [6.45, 7) is 0. The maximum Gasteiger partial charge on any atom is 0.248 e. The Bertz CT molecular complexity index is 856. The van der Waals surface area contributed by atoms with Crippen LogP contribution in [0.25, 0.3) is 22.2 Å². The molecule has 5 heteroatoms. The lowest BCUT2D eigenvalue weighted by Crippen LogP contribution is -2.03. The number of methoxy groups -OCH3 is 2. The van der Waals surface area contributed by atoms with Crippen molar-refractivity contribution >= 4 is 11.0 Å². The Morgan fingerprint density at radius 3 is 2.52 bits per heavy atom. The first-order chi connectivity index (χ1) is 10.2. The molecule has 3 rings (SSSR count). The van der Waals surface area contributed by atoms with Crippen LogP contribution in [-0.2, 0) is 0 Å². The van der Waals surface area contributed by atoms with Crippen LogP contribution in [-0.4, -0.2) is 24.2 Å². The second kappa shape index (κ2) is 5.28. The van der Waals surface area contributed by atoms with Crippen molar-refractivity contribution in [1.82, 2.24) is 9.97 Å². The summed E-state index contributed by atoms with van der Waals surface area (Å²) in [5.74, 6) is 1.32. The monoisotopic (exact) mass is 282 g/mol. The summed E-state index contributed by atoms with van der Waals surface area (Å²) in [6, 6.07) is 10.7. The third-order valence-electron chi connectivity index (χ3n) is 3.29. The predicted octanol–water partition coefficient (Wildman–Crippen LogP) is 2.61. The molecule has 5 nitrogen and oxygen atoms in total. The zero-order valence-electron chi connectivity index (χ0n) is 11.7. The number of fused-ring (bicyclic) bond motifs is 1. The summed E-state index contributed by atoms with van der Waals surface area (Å²) in [5, 5.41) is 0. The number of aromatic amines is 1. The Hall–Kier alpha value is -2.82. The van der Waals surface area contributed by atoms with E-state index in [9.17, 15) is 4.79 Å². The molecule has 2 aromatic heterocycles. The molecule has 0 aliphatic heterocycles. The Labute approximate surface area is 121 Å². The molecule has 106 valence electrons. The van der Waals surface area contributed by atoms with Crippen LogP contribution in [0.5, 0.6) is 11.5 Å². The first-order valence-corrected chi connectivity index (χ1v) is 6.43. The summed E-state index contributed by atoms with van der Waals surface area (Å²) in [4.78, 5) is 18.5. The van der Waals surface area contributed by atoms with Crippen molar-refractivity contribution in [2.24, 2.45) is 0 Å². The lowest BCUT2D eigenvalue weighted by Gasteiger charge is -2.10. The van der Waals surface area contributed by atoms with Gasteiger partial charge >= 0.3 is 0 Å². The minimum absolute atomic E-state index is 0.145. The van der Waals surface area contributed by atoms with Gasteiger partial charge in [-0.15, -0.1) is 0 Å². The predicted molar refractivity (Wildman–Crippen MR) is 80.9 cm³/mol. The number of hydrogen-bond acceptors (Lipinski definition) is 4. The average Bonchev–Trinajstić information content (AvgIpc) is 2.53. The van der Waals surface area contributed by atoms with Gasteiger partial charge in [-0.05, 0) is 29.8 Å². The highest BCUT2D eigenvalue weighted by atomic mass is 16.5. The molecule has 3 aromatic rings. The molecule has 1 N–H and O–H groups in total. The van der Waals surface area contributed by atoms with E-state index in [1.165, 1.54) is 6.07 Å². The van der Waals surface area contributed by atoms with Gasteiger partial charge in [0.15, 0.2) is 11.5 Å². The number of nitrogens with one attached hydrogen (secondary N) is 1. The fourth-order valence-corrected chi connectivity index (χ4v) is 2.21. The second-order valence-electron chi connectivity index (χ2n) is 4.55. The Morgan fingerprint density at radius 1 is 0.952 bits per heavy atom. The van der Waals surface area contributed by atoms with Crippen molar-refractivity contribution in [3.63, 3.8) is 0 Å². The van der Waals surface area contributed by atoms with Gasteiger partial charge in [-0.1, -0.05) is 6.07 Å². The molecule has 0 unspecified atom stereocenters. The van der Waals surface area contributed by atoms with Gasteiger partial charge in [0, 0.05) is 17.8 Å². The molecule has 0 fully saturated rings. The molecule has 0 atom stereocenters. The highest BCUT2D eigenvalue weighted by Gasteiger charge is 2.07. The minimum atomic E-state index is -0.145. The Kier molecular flexibility index (Phi) is 3.31. The van der Waals surface area contributed by atoms with Crippen molar-refractivity contribution in [2.75, 3.05) is 14.2 Å². The zero-order chi connectivity index (χ0) is 14.8. The van der Waals surface area contributed by atoms with Gasteiger partial charge in [0.25, 0.3) is 0 Å². The summed E-state index contributed by atoms with van der Waals surface area (Å²) in [6.07, 6.45) is 1.77. The quantitative estimate of drug-likeness (QED) is 0.802. The molecular weight excluding hydrogens is 268 g/mol. The first-order valence-electron chi connectivity index (χ1n) is 6.43. The lowest BCUT2D eigenvalue weighted by molar-refractivity contribution is 0.355. The molecule has 0 aliphatic rings. The highest BCUT2D eigenvalue weighted by Crippen LogP contribution is 2.32. The van der Waals surface area contributed by atoms with Crippen LogP contribution in [0.4, 0.5) is 0 Å². The summed E-state index contributed by atoms with van der Waals surface area (Å²) >= 11 is 0. The van der Waals surface area contributed by atoms with Crippen LogP contribution in [0.15, 0.2) is 47.4 Å². The molecule has 0 saturated heterocycles. The third kappa shape index (κ3) is 2.45. The van der Waals surface area contributed by atoms with Crippen LogP contribution < -0.4 is 15.0 Å². The summed E-state index contributed by atoms with van der Waals surface area (Å²) < 4.78 is 10.5. The smallest absolute Gasteiger partial charge is 0.248 e. The average molecular weight is 282 g/mol. The number of benzene rings is 1. The fourth-order valence-electron chi connectivity index (χ4n) is 2.21.